The van der Waals surface area contributed by atoms with Crippen LogP contribution in [0.3, 0.4) is 0 Å². The number of nitrogens with one attached hydrogen (secondary N) is 2. The molecule has 0 unspecified atom stereocenters. The highest BCUT2D eigenvalue weighted by atomic mass is 35.5. The zero-order valence-electron chi connectivity index (χ0n) is 14.5. The largest absolute Gasteiger partial charge is 0.359 e. The molecule has 1 aromatic heterocycles. The van der Waals surface area contributed by atoms with E-state index in [1.807, 2.05) is 30.3 Å². The average molecular weight is 354 g/mol. The number of hydrogen-bond donors (Lipinski definition) is 2. The number of nitrogens with zero attached hydrogens (tertiary/aromatic N) is 3. The maximum Gasteiger partial charge on any atom is 0.253 e. The molecule has 128 valence electrons. The molecule has 0 aliphatic carbocycles. The van der Waals surface area contributed by atoms with Gasteiger partial charge in [-0.15, -0.1) is 0 Å². The maximum absolute atomic E-state index is 6.22. The van der Waals surface area contributed by atoms with Crippen molar-refractivity contribution >= 4 is 34.4 Å². The van der Waals surface area contributed by atoms with Crippen molar-refractivity contribution in [3.8, 4) is 11.3 Å². The first-order chi connectivity index (χ1) is 12.2. The van der Waals surface area contributed by atoms with E-state index >= 15 is 0 Å². The third kappa shape index (κ3) is 3.56. The predicted octanol–water partition coefficient (Wildman–Crippen LogP) is 3.94. The molecule has 2 aromatic carbocycles. The standard InChI is InChI=1S/C19H20ClN5/c1-4-12-7-5-6-8-14(12)17-15-11-13(20)9-10-16(15)23-19(24-17)25-18(21-2)22-3/h5-11H,4H2,1-3H3,(H2,21,22,23,24,25). The number of rotatable bonds is 3. The van der Waals surface area contributed by atoms with Gasteiger partial charge in [-0.3, -0.25) is 0 Å². The molecule has 3 aromatic rings. The van der Waals surface area contributed by atoms with Crippen molar-refractivity contribution in [2.75, 3.05) is 14.1 Å². The minimum absolute atomic E-state index is 0.398. The molecular formula is C19H20ClN5. The number of aryl methyl sites for hydroxylation is 1. The molecule has 0 saturated carbocycles. The lowest BCUT2D eigenvalue weighted by Crippen LogP contribution is -2.31. The molecule has 0 radical (unpaired) electrons. The summed E-state index contributed by atoms with van der Waals surface area (Å²) >= 11 is 6.22. The Morgan fingerprint density at radius 1 is 1.08 bits per heavy atom. The van der Waals surface area contributed by atoms with E-state index in [1.165, 1.54) is 5.56 Å². The molecular weight excluding hydrogens is 334 g/mol. The Labute approximate surface area is 152 Å². The second-order valence-electron chi connectivity index (χ2n) is 5.50. The van der Waals surface area contributed by atoms with Crippen LogP contribution in [-0.2, 0) is 6.42 Å². The summed E-state index contributed by atoms with van der Waals surface area (Å²) in [4.78, 5) is 13.7. The van der Waals surface area contributed by atoms with E-state index in [9.17, 15) is 0 Å². The van der Waals surface area contributed by atoms with Gasteiger partial charge in [0.2, 0.25) is 0 Å². The van der Waals surface area contributed by atoms with Crippen LogP contribution < -0.4 is 10.6 Å². The zero-order chi connectivity index (χ0) is 17.8. The van der Waals surface area contributed by atoms with E-state index in [-0.39, 0.29) is 0 Å². The van der Waals surface area contributed by atoms with Crippen molar-refractivity contribution in [2.45, 2.75) is 13.3 Å². The Balaban J connectivity index is 2.31. The molecule has 6 heteroatoms. The van der Waals surface area contributed by atoms with Gasteiger partial charge in [-0.2, -0.15) is 4.99 Å². The van der Waals surface area contributed by atoms with E-state index in [2.05, 4.69) is 39.7 Å². The molecule has 0 amide bonds. The Kier molecular flexibility index (Phi) is 5.14. The van der Waals surface area contributed by atoms with Gasteiger partial charge in [0.1, 0.15) is 0 Å². The number of fused-ring (bicyclic) bond motifs is 1. The van der Waals surface area contributed by atoms with E-state index < -0.39 is 0 Å². The molecule has 0 fully saturated rings. The highest BCUT2D eigenvalue weighted by Crippen LogP contribution is 2.32. The molecule has 0 aliphatic rings. The van der Waals surface area contributed by atoms with Gasteiger partial charge in [0.25, 0.3) is 5.95 Å². The van der Waals surface area contributed by atoms with Gasteiger partial charge in [-0.1, -0.05) is 42.8 Å². The highest BCUT2D eigenvalue weighted by molar-refractivity contribution is 6.31. The lowest BCUT2D eigenvalue weighted by Gasteiger charge is -2.11. The van der Waals surface area contributed by atoms with Crippen LogP contribution in [0.5, 0.6) is 0 Å². The first kappa shape index (κ1) is 17.2. The molecule has 0 bridgehead atoms. The summed E-state index contributed by atoms with van der Waals surface area (Å²) in [6, 6.07) is 13.9. The van der Waals surface area contributed by atoms with Crippen molar-refractivity contribution in [2.24, 2.45) is 4.99 Å². The van der Waals surface area contributed by atoms with Crippen molar-refractivity contribution in [3.05, 3.63) is 53.1 Å². The lowest BCUT2D eigenvalue weighted by molar-refractivity contribution is 1.01. The Bertz CT molecular complexity index is 930. The number of hydrogen-bond acceptors (Lipinski definition) is 3. The SMILES string of the molecule is CCc1ccccc1-c1nc(N=C(NC)NC)nc2ccc(Cl)cc12. The van der Waals surface area contributed by atoms with Crippen LogP contribution in [0.4, 0.5) is 5.95 Å². The number of halogens is 1. The van der Waals surface area contributed by atoms with Crippen molar-refractivity contribution in [3.63, 3.8) is 0 Å². The molecule has 0 spiro atoms. The van der Waals surface area contributed by atoms with E-state index in [1.54, 1.807) is 14.1 Å². The Morgan fingerprint density at radius 3 is 2.56 bits per heavy atom. The molecule has 0 atom stereocenters. The summed E-state index contributed by atoms with van der Waals surface area (Å²) < 4.78 is 0. The third-order valence-electron chi connectivity index (χ3n) is 3.98. The van der Waals surface area contributed by atoms with Gasteiger partial charge in [-0.25, -0.2) is 9.97 Å². The number of guanidine groups is 1. The van der Waals surface area contributed by atoms with Crippen LogP contribution >= 0.6 is 11.6 Å². The Hall–Kier alpha value is -2.66. The van der Waals surface area contributed by atoms with Gasteiger partial charge in [0.05, 0.1) is 11.2 Å². The summed E-state index contributed by atoms with van der Waals surface area (Å²) in [6.07, 6.45) is 0.916. The fourth-order valence-corrected chi connectivity index (χ4v) is 2.91. The van der Waals surface area contributed by atoms with Crippen molar-refractivity contribution < 1.29 is 0 Å². The molecule has 0 aliphatic heterocycles. The maximum atomic E-state index is 6.22. The van der Waals surface area contributed by atoms with Crippen LogP contribution in [0.25, 0.3) is 22.2 Å². The topological polar surface area (TPSA) is 62.2 Å². The van der Waals surface area contributed by atoms with Crippen LogP contribution in [0.1, 0.15) is 12.5 Å². The zero-order valence-corrected chi connectivity index (χ0v) is 15.2. The second-order valence-corrected chi connectivity index (χ2v) is 5.94. The molecule has 5 nitrogen and oxygen atoms in total. The Morgan fingerprint density at radius 2 is 1.84 bits per heavy atom. The summed E-state index contributed by atoms with van der Waals surface area (Å²) in [5.74, 6) is 0.998. The van der Waals surface area contributed by atoms with E-state index in [0.717, 1.165) is 28.6 Å². The van der Waals surface area contributed by atoms with Crippen molar-refractivity contribution in [1.29, 1.82) is 0 Å². The molecule has 1 heterocycles. The van der Waals surface area contributed by atoms with Gasteiger partial charge in [0, 0.05) is 30.1 Å². The van der Waals surface area contributed by atoms with Gasteiger partial charge >= 0.3 is 0 Å². The summed E-state index contributed by atoms with van der Waals surface area (Å²) in [5, 5.41) is 7.53. The molecule has 3 rings (SSSR count). The van der Waals surface area contributed by atoms with Crippen LogP contribution in [0.2, 0.25) is 5.02 Å². The fraction of sp³-hybridized carbons (Fsp3) is 0.211. The number of aliphatic imine (C=N–C) groups is 1. The smallest absolute Gasteiger partial charge is 0.253 e. The molecule has 2 N–H and O–H groups in total. The lowest BCUT2D eigenvalue weighted by atomic mass is 9.99. The van der Waals surface area contributed by atoms with Crippen molar-refractivity contribution in [1.82, 2.24) is 20.6 Å². The first-order valence-electron chi connectivity index (χ1n) is 8.16. The minimum atomic E-state index is 0.398. The monoisotopic (exact) mass is 353 g/mol. The predicted molar refractivity (Wildman–Crippen MR) is 105 cm³/mol. The number of aromatic nitrogens is 2. The normalized spacial score (nSPS) is 10.6. The van der Waals surface area contributed by atoms with Crippen LogP contribution in [-0.4, -0.2) is 30.0 Å². The summed E-state index contributed by atoms with van der Waals surface area (Å²) in [5.41, 5.74) is 3.95. The average Bonchev–Trinajstić information content (AvgIpc) is 2.65. The second kappa shape index (κ2) is 7.49. The van der Waals surface area contributed by atoms with Gasteiger partial charge in [0.15, 0.2) is 5.96 Å². The van der Waals surface area contributed by atoms with E-state index in [0.29, 0.717) is 16.9 Å². The highest BCUT2D eigenvalue weighted by Gasteiger charge is 2.13. The number of benzene rings is 2. The summed E-state index contributed by atoms with van der Waals surface area (Å²) in [7, 11) is 3.59. The van der Waals surface area contributed by atoms with E-state index in [4.69, 9.17) is 16.6 Å². The summed E-state index contributed by atoms with van der Waals surface area (Å²) in [6.45, 7) is 2.13. The fourth-order valence-electron chi connectivity index (χ4n) is 2.74. The first-order valence-corrected chi connectivity index (χ1v) is 8.53. The van der Waals surface area contributed by atoms with Crippen LogP contribution in [0.15, 0.2) is 47.5 Å². The third-order valence-corrected chi connectivity index (χ3v) is 4.22. The van der Waals surface area contributed by atoms with Gasteiger partial charge < -0.3 is 10.6 Å². The quantitative estimate of drug-likeness (QED) is 0.553. The van der Waals surface area contributed by atoms with Gasteiger partial charge in [-0.05, 0) is 30.2 Å². The minimum Gasteiger partial charge on any atom is -0.359 e. The molecule has 0 saturated heterocycles. The van der Waals surface area contributed by atoms with Crippen LogP contribution in [0, 0.1) is 0 Å². The molecule has 25 heavy (non-hydrogen) atoms.